The number of aromatic nitrogens is 1. The summed E-state index contributed by atoms with van der Waals surface area (Å²) in [6.45, 7) is 2.06. The third-order valence-electron chi connectivity index (χ3n) is 3.18. The van der Waals surface area contributed by atoms with Crippen molar-refractivity contribution in [2.75, 3.05) is 0 Å². The minimum Gasteiger partial charge on any atom is -0.323 e. The normalized spacial score (nSPS) is 20.1. The molecule has 0 aliphatic heterocycles. The summed E-state index contributed by atoms with van der Waals surface area (Å²) in [4.78, 5) is 5.54. The van der Waals surface area contributed by atoms with Crippen molar-refractivity contribution in [1.82, 2.24) is 4.98 Å². The third kappa shape index (κ3) is 2.15. The van der Waals surface area contributed by atoms with Gasteiger partial charge in [-0.15, -0.1) is 11.3 Å². The van der Waals surface area contributed by atoms with Gasteiger partial charge in [-0.25, -0.2) is 4.98 Å². The van der Waals surface area contributed by atoms with Crippen molar-refractivity contribution >= 4 is 11.3 Å². The zero-order valence-electron chi connectivity index (χ0n) is 8.70. The van der Waals surface area contributed by atoms with Gasteiger partial charge in [0.25, 0.3) is 0 Å². The highest BCUT2D eigenvalue weighted by Gasteiger charge is 2.20. The molecular formula is C11H18N2S. The second kappa shape index (κ2) is 4.41. The number of rotatable bonds is 3. The molecule has 1 atom stereocenters. The van der Waals surface area contributed by atoms with Crippen LogP contribution in [0.3, 0.4) is 0 Å². The molecular weight excluding hydrogens is 192 g/mol. The van der Waals surface area contributed by atoms with Gasteiger partial charge in [0.1, 0.15) is 0 Å². The van der Waals surface area contributed by atoms with Crippen LogP contribution in [0, 0.1) is 12.8 Å². The topological polar surface area (TPSA) is 38.9 Å². The SMILES string of the molecule is Cc1ncsc1C(N)CC1CCCC1. The Morgan fingerprint density at radius 3 is 2.86 bits per heavy atom. The van der Waals surface area contributed by atoms with Crippen LogP contribution in [0.2, 0.25) is 0 Å². The first-order chi connectivity index (χ1) is 6.77. The van der Waals surface area contributed by atoms with Gasteiger partial charge in [-0.2, -0.15) is 0 Å². The van der Waals surface area contributed by atoms with Gasteiger partial charge in [0, 0.05) is 10.9 Å². The molecule has 0 spiro atoms. The fourth-order valence-electron chi connectivity index (χ4n) is 2.38. The van der Waals surface area contributed by atoms with E-state index in [4.69, 9.17) is 5.73 Å². The van der Waals surface area contributed by atoms with Crippen molar-refractivity contribution in [1.29, 1.82) is 0 Å². The maximum atomic E-state index is 6.19. The van der Waals surface area contributed by atoms with Crippen LogP contribution in [0.15, 0.2) is 5.51 Å². The lowest BCUT2D eigenvalue weighted by Crippen LogP contribution is -2.13. The van der Waals surface area contributed by atoms with Crippen LogP contribution in [-0.2, 0) is 0 Å². The Morgan fingerprint density at radius 2 is 2.29 bits per heavy atom. The van der Waals surface area contributed by atoms with Crippen LogP contribution in [0.25, 0.3) is 0 Å². The molecule has 0 aromatic carbocycles. The third-order valence-corrected chi connectivity index (χ3v) is 4.24. The van der Waals surface area contributed by atoms with Gasteiger partial charge in [0.15, 0.2) is 0 Å². The van der Waals surface area contributed by atoms with Gasteiger partial charge in [0.05, 0.1) is 11.2 Å². The Labute approximate surface area is 89.5 Å². The summed E-state index contributed by atoms with van der Waals surface area (Å²) < 4.78 is 0. The standard InChI is InChI=1S/C11H18N2S/c1-8-11(14-7-13-8)10(12)6-9-4-2-3-5-9/h7,9-10H,2-6,12H2,1H3. The molecule has 1 aliphatic carbocycles. The highest BCUT2D eigenvalue weighted by Crippen LogP contribution is 2.33. The molecule has 1 saturated carbocycles. The van der Waals surface area contributed by atoms with Gasteiger partial charge >= 0.3 is 0 Å². The van der Waals surface area contributed by atoms with E-state index >= 15 is 0 Å². The molecule has 0 radical (unpaired) electrons. The molecule has 0 amide bonds. The van der Waals surface area contributed by atoms with Gasteiger partial charge in [-0.3, -0.25) is 0 Å². The van der Waals surface area contributed by atoms with Crippen LogP contribution in [0.1, 0.15) is 48.7 Å². The number of nitrogens with zero attached hydrogens (tertiary/aromatic N) is 1. The number of thiazole rings is 1. The van der Waals surface area contributed by atoms with E-state index in [0.29, 0.717) is 0 Å². The first-order valence-electron chi connectivity index (χ1n) is 5.43. The lowest BCUT2D eigenvalue weighted by atomic mass is 9.97. The summed E-state index contributed by atoms with van der Waals surface area (Å²) in [7, 11) is 0. The summed E-state index contributed by atoms with van der Waals surface area (Å²) >= 11 is 1.70. The van der Waals surface area contributed by atoms with Crippen LogP contribution in [0.5, 0.6) is 0 Å². The van der Waals surface area contributed by atoms with Crippen molar-refractivity contribution < 1.29 is 0 Å². The Hall–Kier alpha value is -0.410. The lowest BCUT2D eigenvalue weighted by Gasteiger charge is -2.15. The van der Waals surface area contributed by atoms with Crippen molar-refractivity contribution in [2.24, 2.45) is 11.7 Å². The van der Waals surface area contributed by atoms with Crippen LogP contribution in [0.4, 0.5) is 0 Å². The molecule has 1 unspecified atom stereocenters. The van der Waals surface area contributed by atoms with Crippen LogP contribution >= 0.6 is 11.3 Å². The highest BCUT2D eigenvalue weighted by atomic mass is 32.1. The molecule has 2 N–H and O–H groups in total. The average molecular weight is 210 g/mol. The van der Waals surface area contributed by atoms with Gasteiger partial charge in [-0.1, -0.05) is 25.7 Å². The predicted molar refractivity (Wildman–Crippen MR) is 60.4 cm³/mol. The molecule has 1 aliphatic rings. The van der Waals surface area contributed by atoms with Crippen molar-refractivity contribution in [3.8, 4) is 0 Å². The molecule has 2 rings (SSSR count). The van der Waals surface area contributed by atoms with E-state index in [9.17, 15) is 0 Å². The molecule has 1 aromatic rings. The average Bonchev–Trinajstić information content (AvgIpc) is 2.75. The van der Waals surface area contributed by atoms with E-state index in [-0.39, 0.29) is 6.04 Å². The fourth-order valence-corrected chi connectivity index (χ4v) is 3.20. The van der Waals surface area contributed by atoms with E-state index < -0.39 is 0 Å². The first kappa shape index (κ1) is 10.1. The van der Waals surface area contributed by atoms with Gasteiger partial charge < -0.3 is 5.73 Å². The number of hydrogen-bond donors (Lipinski definition) is 1. The zero-order chi connectivity index (χ0) is 9.97. The van der Waals surface area contributed by atoms with E-state index in [1.54, 1.807) is 11.3 Å². The predicted octanol–water partition coefficient (Wildman–Crippen LogP) is 3.03. The molecule has 3 heteroatoms. The molecule has 78 valence electrons. The summed E-state index contributed by atoms with van der Waals surface area (Å²) in [6, 6.07) is 0.227. The maximum absolute atomic E-state index is 6.19. The molecule has 1 fully saturated rings. The molecule has 14 heavy (non-hydrogen) atoms. The van der Waals surface area contributed by atoms with Crippen molar-refractivity contribution in [3.63, 3.8) is 0 Å². The quantitative estimate of drug-likeness (QED) is 0.833. The van der Waals surface area contributed by atoms with Crippen LogP contribution in [-0.4, -0.2) is 4.98 Å². The zero-order valence-corrected chi connectivity index (χ0v) is 9.52. The Morgan fingerprint density at radius 1 is 1.57 bits per heavy atom. The largest absolute Gasteiger partial charge is 0.323 e. The monoisotopic (exact) mass is 210 g/mol. The molecule has 0 saturated heterocycles. The second-order valence-corrected chi connectivity index (χ2v) is 5.18. The lowest BCUT2D eigenvalue weighted by molar-refractivity contribution is 0.453. The van der Waals surface area contributed by atoms with Gasteiger partial charge in [0.2, 0.25) is 0 Å². The minimum atomic E-state index is 0.227. The van der Waals surface area contributed by atoms with Crippen molar-refractivity contribution in [2.45, 2.75) is 45.1 Å². The minimum absolute atomic E-state index is 0.227. The van der Waals surface area contributed by atoms with E-state index in [2.05, 4.69) is 11.9 Å². The number of hydrogen-bond acceptors (Lipinski definition) is 3. The second-order valence-electron chi connectivity index (χ2n) is 4.29. The Kier molecular flexibility index (Phi) is 3.19. The first-order valence-corrected chi connectivity index (χ1v) is 6.31. The summed E-state index contributed by atoms with van der Waals surface area (Å²) in [5, 5.41) is 0. The Balaban J connectivity index is 1.95. The van der Waals surface area contributed by atoms with Crippen LogP contribution < -0.4 is 5.73 Å². The smallest absolute Gasteiger partial charge is 0.0798 e. The molecule has 1 aromatic heterocycles. The fraction of sp³-hybridized carbons (Fsp3) is 0.727. The van der Waals surface area contributed by atoms with Gasteiger partial charge in [-0.05, 0) is 19.3 Å². The van der Waals surface area contributed by atoms with E-state index in [0.717, 1.165) is 18.0 Å². The number of aryl methyl sites for hydroxylation is 1. The molecule has 1 heterocycles. The van der Waals surface area contributed by atoms with Crippen molar-refractivity contribution in [3.05, 3.63) is 16.1 Å². The summed E-state index contributed by atoms with van der Waals surface area (Å²) in [6.07, 6.45) is 6.72. The van der Waals surface area contributed by atoms with E-state index in [1.807, 2.05) is 5.51 Å². The summed E-state index contributed by atoms with van der Waals surface area (Å²) in [5.74, 6) is 0.867. The summed E-state index contributed by atoms with van der Waals surface area (Å²) in [5.41, 5.74) is 9.22. The maximum Gasteiger partial charge on any atom is 0.0798 e. The highest BCUT2D eigenvalue weighted by molar-refractivity contribution is 7.09. The molecule has 2 nitrogen and oxygen atoms in total. The van der Waals surface area contributed by atoms with E-state index in [1.165, 1.54) is 30.6 Å². The molecule has 0 bridgehead atoms. The Bertz CT molecular complexity index is 289. The number of nitrogens with two attached hydrogens (primary N) is 1.